The van der Waals surface area contributed by atoms with Crippen LogP contribution in [0, 0.1) is 0 Å². The van der Waals surface area contributed by atoms with Gasteiger partial charge in [-0.15, -0.1) is 12.4 Å². The van der Waals surface area contributed by atoms with Gasteiger partial charge in [-0.25, -0.2) is 9.97 Å². The summed E-state index contributed by atoms with van der Waals surface area (Å²) in [6.07, 6.45) is 1.06. The van der Waals surface area contributed by atoms with Crippen molar-refractivity contribution >= 4 is 40.7 Å². The van der Waals surface area contributed by atoms with Crippen LogP contribution in [-0.2, 0) is 0 Å². The van der Waals surface area contributed by atoms with Crippen LogP contribution in [0.15, 0.2) is 48.5 Å². The molecule has 2 aromatic carbocycles. The Kier molecular flexibility index (Phi) is 7.00. The minimum atomic E-state index is 0. The number of anilines is 1. The minimum Gasteiger partial charge on any atom is -0.369 e. The Morgan fingerprint density at radius 3 is 2.44 bits per heavy atom. The molecule has 0 radical (unpaired) electrons. The van der Waals surface area contributed by atoms with Gasteiger partial charge in [-0.1, -0.05) is 23.7 Å². The highest BCUT2D eigenvalue weighted by atomic mass is 35.5. The molecule has 6 heteroatoms. The van der Waals surface area contributed by atoms with Gasteiger partial charge in [-0.2, -0.15) is 0 Å². The van der Waals surface area contributed by atoms with E-state index < -0.39 is 0 Å². The molecule has 1 heterocycles. The molecule has 0 aliphatic heterocycles. The predicted molar refractivity (Wildman–Crippen MR) is 109 cm³/mol. The topological polar surface area (TPSA) is 41.0 Å². The van der Waals surface area contributed by atoms with E-state index in [1.807, 2.05) is 42.5 Å². The second-order valence-corrected chi connectivity index (χ2v) is 6.44. The molecule has 0 saturated carbocycles. The van der Waals surface area contributed by atoms with E-state index in [2.05, 4.69) is 35.4 Å². The normalized spacial score (nSPS) is 10.7. The van der Waals surface area contributed by atoms with Crippen molar-refractivity contribution in [3.8, 4) is 11.4 Å². The summed E-state index contributed by atoms with van der Waals surface area (Å²) in [5.41, 5.74) is 1.90. The standard InChI is InChI=1S/C19H21ClN4.ClH/c1-24(2)13-5-12-21-19-16-6-3-4-7-17(16)22-18(23-19)14-8-10-15(20)11-9-14;/h3-4,6-11H,5,12-13H2,1-2H3,(H,21,22,23);1H. The highest BCUT2D eigenvalue weighted by Crippen LogP contribution is 2.25. The first kappa shape index (κ1) is 19.4. The van der Waals surface area contributed by atoms with Crippen LogP contribution < -0.4 is 5.32 Å². The molecule has 0 aliphatic carbocycles. The third-order valence-corrected chi connectivity index (χ3v) is 4.03. The van der Waals surface area contributed by atoms with E-state index in [1.165, 1.54) is 0 Å². The third kappa shape index (κ3) is 5.05. The Morgan fingerprint density at radius 1 is 1.00 bits per heavy atom. The van der Waals surface area contributed by atoms with Crippen LogP contribution in [0.25, 0.3) is 22.3 Å². The van der Waals surface area contributed by atoms with Gasteiger partial charge in [0.25, 0.3) is 0 Å². The molecule has 0 spiro atoms. The van der Waals surface area contributed by atoms with E-state index in [0.717, 1.165) is 41.8 Å². The molecule has 25 heavy (non-hydrogen) atoms. The van der Waals surface area contributed by atoms with Crippen LogP contribution in [0.2, 0.25) is 5.02 Å². The summed E-state index contributed by atoms with van der Waals surface area (Å²) in [6.45, 7) is 1.92. The van der Waals surface area contributed by atoms with E-state index in [1.54, 1.807) is 0 Å². The molecule has 0 saturated heterocycles. The number of hydrogen-bond donors (Lipinski definition) is 1. The average molecular weight is 377 g/mol. The number of para-hydroxylation sites is 1. The first-order chi connectivity index (χ1) is 11.6. The lowest BCUT2D eigenvalue weighted by atomic mass is 10.2. The number of benzene rings is 2. The molecule has 132 valence electrons. The molecule has 1 N–H and O–H groups in total. The fourth-order valence-electron chi connectivity index (χ4n) is 2.54. The molecule has 0 unspecified atom stereocenters. The monoisotopic (exact) mass is 376 g/mol. The van der Waals surface area contributed by atoms with Crippen LogP contribution in [-0.4, -0.2) is 42.1 Å². The van der Waals surface area contributed by atoms with Crippen molar-refractivity contribution < 1.29 is 0 Å². The molecular formula is C19H22Cl2N4. The van der Waals surface area contributed by atoms with Gasteiger partial charge < -0.3 is 10.2 Å². The summed E-state index contributed by atoms with van der Waals surface area (Å²) < 4.78 is 0. The minimum absolute atomic E-state index is 0. The molecule has 3 aromatic rings. The molecule has 0 fully saturated rings. The van der Waals surface area contributed by atoms with Crippen LogP contribution >= 0.6 is 24.0 Å². The van der Waals surface area contributed by atoms with Gasteiger partial charge in [-0.05, 0) is 63.5 Å². The van der Waals surface area contributed by atoms with Gasteiger partial charge in [0.2, 0.25) is 0 Å². The Labute approximate surface area is 159 Å². The molecule has 0 aliphatic rings. The summed E-state index contributed by atoms with van der Waals surface area (Å²) in [5, 5.41) is 5.21. The fourth-order valence-corrected chi connectivity index (χ4v) is 2.67. The van der Waals surface area contributed by atoms with Crippen molar-refractivity contribution in [3.05, 3.63) is 53.6 Å². The summed E-state index contributed by atoms with van der Waals surface area (Å²) >= 11 is 5.98. The Balaban J connectivity index is 0.00000225. The van der Waals surface area contributed by atoms with Crippen molar-refractivity contribution in [2.24, 2.45) is 0 Å². The number of halogens is 2. The van der Waals surface area contributed by atoms with Gasteiger partial charge in [0, 0.05) is 22.5 Å². The highest BCUT2D eigenvalue weighted by Gasteiger charge is 2.09. The maximum Gasteiger partial charge on any atom is 0.162 e. The molecule has 0 atom stereocenters. The van der Waals surface area contributed by atoms with E-state index in [0.29, 0.717) is 10.8 Å². The van der Waals surface area contributed by atoms with Crippen LogP contribution in [0.4, 0.5) is 5.82 Å². The van der Waals surface area contributed by atoms with Gasteiger partial charge >= 0.3 is 0 Å². The number of aromatic nitrogens is 2. The molecule has 3 rings (SSSR count). The van der Waals surface area contributed by atoms with Crippen molar-refractivity contribution in [3.63, 3.8) is 0 Å². The first-order valence-electron chi connectivity index (χ1n) is 8.05. The van der Waals surface area contributed by atoms with E-state index in [-0.39, 0.29) is 12.4 Å². The van der Waals surface area contributed by atoms with E-state index in [9.17, 15) is 0 Å². The molecular weight excluding hydrogens is 355 g/mol. The Morgan fingerprint density at radius 2 is 1.72 bits per heavy atom. The van der Waals surface area contributed by atoms with E-state index >= 15 is 0 Å². The number of fused-ring (bicyclic) bond motifs is 1. The van der Waals surface area contributed by atoms with Crippen LogP contribution in [0.5, 0.6) is 0 Å². The van der Waals surface area contributed by atoms with Crippen LogP contribution in [0.1, 0.15) is 6.42 Å². The largest absolute Gasteiger partial charge is 0.369 e. The number of rotatable bonds is 6. The van der Waals surface area contributed by atoms with Gasteiger partial charge in [0.05, 0.1) is 5.52 Å². The quantitative estimate of drug-likeness (QED) is 0.631. The Hall–Kier alpha value is -1.88. The van der Waals surface area contributed by atoms with Crippen molar-refractivity contribution in [1.29, 1.82) is 0 Å². The number of hydrogen-bond acceptors (Lipinski definition) is 4. The zero-order valence-electron chi connectivity index (χ0n) is 14.4. The van der Waals surface area contributed by atoms with Crippen molar-refractivity contribution in [1.82, 2.24) is 14.9 Å². The molecule has 0 amide bonds. The molecule has 1 aromatic heterocycles. The number of nitrogens with zero attached hydrogens (tertiary/aromatic N) is 3. The molecule has 0 bridgehead atoms. The number of nitrogens with one attached hydrogen (secondary N) is 1. The predicted octanol–water partition coefficient (Wildman–Crippen LogP) is 4.74. The van der Waals surface area contributed by atoms with Crippen molar-refractivity contribution in [2.75, 3.05) is 32.5 Å². The lowest BCUT2D eigenvalue weighted by Crippen LogP contribution is -2.16. The zero-order chi connectivity index (χ0) is 16.9. The lowest BCUT2D eigenvalue weighted by Gasteiger charge is -2.13. The maximum absolute atomic E-state index is 5.98. The highest BCUT2D eigenvalue weighted by molar-refractivity contribution is 6.30. The summed E-state index contributed by atoms with van der Waals surface area (Å²) in [5.74, 6) is 1.59. The van der Waals surface area contributed by atoms with Crippen LogP contribution in [0.3, 0.4) is 0 Å². The van der Waals surface area contributed by atoms with Gasteiger partial charge in [-0.3, -0.25) is 0 Å². The summed E-state index contributed by atoms with van der Waals surface area (Å²) in [6, 6.07) is 15.7. The average Bonchev–Trinajstić information content (AvgIpc) is 2.59. The Bertz CT molecular complexity index is 819. The smallest absolute Gasteiger partial charge is 0.162 e. The lowest BCUT2D eigenvalue weighted by molar-refractivity contribution is 0.405. The SMILES string of the molecule is CN(C)CCCNc1nc(-c2ccc(Cl)cc2)nc2ccccc12.Cl. The first-order valence-corrected chi connectivity index (χ1v) is 8.42. The van der Waals surface area contributed by atoms with Gasteiger partial charge in [0.15, 0.2) is 5.82 Å². The second-order valence-electron chi connectivity index (χ2n) is 6.00. The summed E-state index contributed by atoms with van der Waals surface area (Å²) in [4.78, 5) is 11.6. The third-order valence-electron chi connectivity index (χ3n) is 3.78. The summed E-state index contributed by atoms with van der Waals surface area (Å²) in [7, 11) is 4.16. The maximum atomic E-state index is 5.98. The van der Waals surface area contributed by atoms with Gasteiger partial charge in [0.1, 0.15) is 5.82 Å². The fraction of sp³-hybridized carbons (Fsp3) is 0.263. The zero-order valence-corrected chi connectivity index (χ0v) is 15.9. The van der Waals surface area contributed by atoms with E-state index in [4.69, 9.17) is 16.6 Å². The second kappa shape index (κ2) is 8.99. The van der Waals surface area contributed by atoms with Crippen molar-refractivity contribution in [2.45, 2.75) is 6.42 Å². The molecule has 4 nitrogen and oxygen atoms in total.